The molecule has 1 rings (SSSR count). The molecule has 3 nitrogen and oxygen atoms in total. The average molecular weight is 223 g/mol. The van der Waals surface area contributed by atoms with E-state index < -0.39 is 0 Å². The topological polar surface area (TPSA) is 43.8 Å². The van der Waals surface area contributed by atoms with Crippen molar-refractivity contribution in [2.75, 3.05) is 0 Å². The first-order valence-corrected chi connectivity index (χ1v) is 5.92. The van der Waals surface area contributed by atoms with Crippen LogP contribution in [0.2, 0.25) is 0 Å². The van der Waals surface area contributed by atoms with Crippen LogP contribution in [0.4, 0.5) is 0 Å². The fraction of sp³-hybridized carbons (Fsp3) is 0.769. The summed E-state index contributed by atoms with van der Waals surface area (Å²) in [6.45, 7) is 13.3. The molecule has 0 saturated heterocycles. The molecule has 1 atom stereocenters. The van der Waals surface area contributed by atoms with Gasteiger partial charge in [-0.15, -0.1) is 0 Å². The van der Waals surface area contributed by atoms with Crippen molar-refractivity contribution < 1.29 is 0 Å². The number of hydrogen-bond donors (Lipinski definition) is 1. The van der Waals surface area contributed by atoms with E-state index in [1.54, 1.807) is 0 Å². The summed E-state index contributed by atoms with van der Waals surface area (Å²) in [5.41, 5.74) is 7.41. The first kappa shape index (κ1) is 13.2. The molecule has 1 heterocycles. The summed E-state index contributed by atoms with van der Waals surface area (Å²) in [7, 11) is 0. The Morgan fingerprint density at radius 3 is 2.31 bits per heavy atom. The van der Waals surface area contributed by atoms with Crippen molar-refractivity contribution in [2.24, 2.45) is 11.1 Å². The second-order valence-electron chi connectivity index (χ2n) is 6.53. The highest BCUT2D eigenvalue weighted by molar-refractivity contribution is 5.07. The van der Waals surface area contributed by atoms with Crippen molar-refractivity contribution in [3.05, 3.63) is 18.2 Å². The number of rotatable bonds is 3. The van der Waals surface area contributed by atoms with E-state index in [2.05, 4.69) is 44.2 Å². The van der Waals surface area contributed by atoms with Crippen molar-refractivity contribution in [1.29, 1.82) is 0 Å². The van der Waals surface area contributed by atoms with Gasteiger partial charge in [-0.2, -0.15) is 0 Å². The van der Waals surface area contributed by atoms with E-state index in [9.17, 15) is 0 Å². The minimum absolute atomic E-state index is 0.0294. The number of hydrogen-bond acceptors (Lipinski definition) is 2. The van der Waals surface area contributed by atoms with Gasteiger partial charge in [0.25, 0.3) is 0 Å². The van der Waals surface area contributed by atoms with Gasteiger partial charge in [0.05, 0.1) is 12.0 Å². The summed E-state index contributed by atoms with van der Waals surface area (Å²) >= 11 is 0. The van der Waals surface area contributed by atoms with Gasteiger partial charge >= 0.3 is 0 Å². The molecule has 2 N–H and O–H groups in total. The predicted molar refractivity (Wildman–Crippen MR) is 68.2 cm³/mol. The molecule has 3 heteroatoms. The van der Waals surface area contributed by atoms with Crippen LogP contribution in [0.5, 0.6) is 0 Å². The molecule has 0 aromatic carbocycles. The fourth-order valence-corrected chi connectivity index (χ4v) is 2.53. The van der Waals surface area contributed by atoms with Crippen molar-refractivity contribution in [3.63, 3.8) is 0 Å². The molecule has 0 radical (unpaired) electrons. The standard InChI is InChI=1S/C13H25N3/c1-10(14)11-7-15-9-16(11)13(5,6)8-12(2,3)4/h7,9-10H,8,14H2,1-6H3/t10-/m0/s1. The van der Waals surface area contributed by atoms with Crippen LogP contribution >= 0.6 is 0 Å². The lowest BCUT2D eigenvalue weighted by Gasteiger charge is -2.35. The van der Waals surface area contributed by atoms with Gasteiger partial charge in [-0.05, 0) is 32.6 Å². The minimum Gasteiger partial charge on any atom is -0.328 e. The lowest BCUT2D eigenvalue weighted by molar-refractivity contribution is 0.209. The number of nitrogens with zero attached hydrogens (tertiary/aromatic N) is 2. The van der Waals surface area contributed by atoms with Gasteiger partial charge in [-0.25, -0.2) is 4.98 Å². The second-order valence-corrected chi connectivity index (χ2v) is 6.53. The second kappa shape index (κ2) is 4.21. The highest BCUT2D eigenvalue weighted by Gasteiger charge is 2.29. The third-order valence-electron chi connectivity index (χ3n) is 2.75. The van der Waals surface area contributed by atoms with Gasteiger partial charge in [0.1, 0.15) is 0 Å². The Morgan fingerprint density at radius 2 is 1.88 bits per heavy atom. The predicted octanol–water partition coefficient (Wildman–Crippen LogP) is 3.07. The Kier molecular flexibility index (Phi) is 3.48. The van der Waals surface area contributed by atoms with E-state index in [1.165, 1.54) is 0 Å². The summed E-state index contributed by atoms with van der Waals surface area (Å²) in [6.07, 6.45) is 4.86. The fourth-order valence-electron chi connectivity index (χ4n) is 2.53. The molecule has 1 aromatic rings. The summed E-state index contributed by atoms with van der Waals surface area (Å²) in [5, 5.41) is 0. The normalized spacial score (nSPS) is 15.2. The zero-order valence-corrected chi connectivity index (χ0v) is 11.4. The first-order chi connectivity index (χ1) is 7.13. The highest BCUT2D eigenvalue weighted by atomic mass is 15.1. The van der Waals surface area contributed by atoms with Gasteiger partial charge in [-0.3, -0.25) is 0 Å². The molecule has 0 amide bonds. The SMILES string of the molecule is C[C@H](N)c1cncn1C(C)(C)CC(C)(C)C. The first-order valence-electron chi connectivity index (χ1n) is 5.92. The minimum atomic E-state index is 0.0294. The molecule has 0 aliphatic heterocycles. The van der Waals surface area contributed by atoms with Crippen molar-refractivity contribution in [3.8, 4) is 0 Å². The van der Waals surface area contributed by atoms with Gasteiger partial charge in [0.15, 0.2) is 0 Å². The molecule has 0 fully saturated rings. The third-order valence-corrected chi connectivity index (χ3v) is 2.75. The smallest absolute Gasteiger partial charge is 0.0953 e. The van der Waals surface area contributed by atoms with Crippen molar-refractivity contribution >= 4 is 0 Å². The largest absolute Gasteiger partial charge is 0.328 e. The maximum Gasteiger partial charge on any atom is 0.0953 e. The molecule has 16 heavy (non-hydrogen) atoms. The Labute approximate surface area is 99.1 Å². The Hall–Kier alpha value is -0.830. The van der Waals surface area contributed by atoms with Crippen LogP contribution in [0.1, 0.15) is 59.7 Å². The average Bonchev–Trinajstić information content (AvgIpc) is 2.45. The van der Waals surface area contributed by atoms with E-state index in [-0.39, 0.29) is 11.6 Å². The summed E-state index contributed by atoms with van der Waals surface area (Å²) in [5.74, 6) is 0. The Balaban J connectivity index is 3.02. The Morgan fingerprint density at radius 1 is 1.31 bits per heavy atom. The van der Waals surface area contributed by atoms with Crippen LogP contribution in [0.25, 0.3) is 0 Å². The molecular weight excluding hydrogens is 198 g/mol. The van der Waals surface area contributed by atoms with Crippen molar-refractivity contribution in [1.82, 2.24) is 9.55 Å². The number of imidazole rings is 1. The molecule has 0 saturated carbocycles. The zero-order valence-electron chi connectivity index (χ0n) is 11.4. The molecule has 0 unspecified atom stereocenters. The van der Waals surface area contributed by atoms with E-state index in [1.807, 2.05) is 19.4 Å². The lowest BCUT2D eigenvalue weighted by atomic mass is 9.81. The maximum absolute atomic E-state index is 5.96. The third kappa shape index (κ3) is 3.08. The maximum atomic E-state index is 5.96. The quantitative estimate of drug-likeness (QED) is 0.855. The van der Waals surface area contributed by atoms with Crippen LogP contribution in [0, 0.1) is 5.41 Å². The molecule has 92 valence electrons. The summed E-state index contributed by atoms with van der Waals surface area (Å²) in [4.78, 5) is 4.22. The van der Waals surface area contributed by atoms with Crippen LogP contribution in [-0.2, 0) is 5.54 Å². The van der Waals surface area contributed by atoms with Gasteiger partial charge < -0.3 is 10.3 Å². The van der Waals surface area contributed by atoms with Gasteiger partial charge in [0.2, 0.25) is 0 Å². The zero-order chi connectivity index (χ0) is 12.6. The van der Waals surface area contributed by atoms with Crippen molar-refractivity contribution in [2.45, 2.75) is 59.5 Å². The molecule has 1 aromatic heterocycles. The van der Waals surface area contributed by atoms with Gasteiger partial charge in [-0.1, -0.05) is 20.8 Å². The van der Waals surface area contributed by atoms with E-state index in [0.717, 1.165) is 12.1 Å². The number of nitrogens with two attached hydrogens (primary N) is 1. The molecule has 0 aliphatic rings. The molecule has 0 aliphatic carbocycles. The Bertz CT molecular complexity index is 342. The van der Waals surface area contributed by atoms with E-state index in [0.29, 0.717) is 5.41 Å². The van der Waals surface area contributed by atoms with Gasteiger partial charge in [0, 0.05) is 17.8 Å². The molecular formula is C13H25N3. The van der Waals surface area contributed by atoms with Crippen LogP contribution in [-0.4, -0.2) is 9.55 Å². The summed E-state index contributed by atoms with van der Waals surface area (Å²) in [6, 6.07) is 0.0294. The van der Waals surface area contributed by atoms with Crippen LogP contribution in [0.15, 0.2) is 12.5 Å². The molecule has 0 spiro atoms. The van der Waals surface area contributed by atoms with Crippen LogP contribution < -0.4 is 5.73 Å². The van der Waals surface area contributed by atoms with Crippen LogP contribution in [0.3, 0.4) is 0 Å². The molecule has 0 bridgehead atoms. The highest BCUT2D eigenvalue weighted by Crippen LogP contribution is 2.33. The van der Waals surface area contributed by atoms with E-state index in [4.69, 9.17) is 5.73 Å². The van der Waals surface area contributed by atoms with E-state index >= 15 is 0 Å². The number of aromatic nitrogens is 2. The summed E-state index contributed by atoms with van der Waals surface area (Å²) < 4.78 is 2.21. The monoisotopic (exact) mass is 223 g/mol. The lowest BCUT2D eigenvalue weighted by Crippen LogP contribution is -2.33.